The SMILES string of the molecule is O=C1COCc2cc(C3OCC(=O)c4ccc(O)cc43)ccc21.O=S(=O)(O)C(F)(F)F. The summed E-state index contributed by atoms with van der Waals surface area (Å²) in [6, 6.07) is 10.2. The standard InChI is InChI=1S/C18H14O5.CHF3O3S/c19-12-2-4-14-15(6-12)18(23-9-17(14)21)10-1-3-13-11(5-10)7-22-8-16(13)20;2-1(3,4)8(5,6)7/h1-6,18-19H,7-9H2;(H,5,6,7). The van der Waals surface area contributed by atoms with E-state index in [4.69, 9.17) is 22.4 Å². The predicted octanol–water partition coefficient (Wildman–Crippen LogP) is 2.80. The number of hydrogen-bond acceptors (Lipinski definition) is 7. The molecule has 1 atom stereocenters. The quantitative estimate of drug-likeness (QED) is 0.491. The molecule has 2 heterocycles. The van der Waals surface area contributed by atoms with Crippen molar-refractivity contribution in [2.45, 2.75) is 18.2 Å². The molecule has 0 spiro atoms. The van der Waals surface area contributed by atoms with Crippen LogP contribution in [0.3, 0.4) is 0 Å². The highest BCUT2D eigenvalue weighted by molar-refractivity contribution is 7.86. The second-order valence-electron chi connectivity index (χ2n) is 6.64. The van der Waals surface area contributed by atoms with Gasteiger partial charge in [0.2, 0.25) is 0 Å². The van der Waals surface area contributed by atoms with E-state index in [9.17, 15) is 27.9 Å². The molecule has 0 aromatic heterocycles. The Bertz CT molecular complexity index is 1140. The fourth-order valence-corrected chi connectivity index (χ4v) is 3.12. The summed E-state index contributed by atoms with van der Waals surface area (Å²) in [5.74, 6) is -0.0492. The summed E-state index contributed by atoms with van der Waals surface area (Å²) in [7, 11) is -5.84. The van der Waals surface area contributed by atoms with E-state index in [-0.39, 0.29) is 30.5 Å². The molecule has 2 aliphatic rings. The number of alkyl halides is 3. The van der Waals surface area contributed by atoms with Crippen molar-refractivity contribution in [3.05, 3.63) is 64.2 Å². The van der Waals surface area contributed by atoms with Crippen molar-refractivity contribution in [2.24, 2.45) is 0 Å². The number of hydrogen-bond donors (Lipinski definition) is 2. The summed E-state index contributed by atoms with van der Waals surface area (Å²) in [4.78, 5) is 23.8. The molecule has 0 saturated carbocycles. The molecule has 8 nitrogen and oxygen atoms in total. The molecule has 4 rings (SSSR count). The summed E-state index contributed by atoms with van der Waals surface area (Å²) < 4.78 is 68.5. The van der Waals surface area contributed by atoms with Crippen LogP contribution in [0.4, 0.5) is 13.2 Å². The van der Waals surface area contributed by atoms with E-state index in [2.05, 4.69) is 0 Å². The van der Waals surface area contributed by atoms with E-state index in [0.717, 1.165) is 11.1 Å². The number of benzene rings is 2. The number of ketones is 2. The van der Waals surface area contributed by atoms with Crippen molar-refractivity contribution >= 4 is 21.7 Å². The van der Waals surface area contributed by atoms with E-state index < -0.39 is 21.7 Å². The minimum atomic E-state index is -5.84. The van der Waals surface area contributed by atoms with Gasteiger partial charge in [-0.3, -0.25) is 14.1 Å². The van der Waals surface area contributed by atoms with Crippen molar-refractivity contribution in [3.8, 4) is 5.75 Å². The van der Waals surface area contributed by atoms with Gasteiger partial charge in [-0.1, -0.05) is 12.1 Å². The number of ether oxygens (including phenoxy) is 2. The molecular formula is C19H15F3O8S. The Balaban J connectivity index is 0.000000293. The van der Waals surface area contributed by atoms with Crippen molar-refractivity contribution < 1.29 is 50.3 Å². The molecule has 0 radical (unpaired) electrons. The first kappa shape index (κ1) is 22.9. The highest BCUT2D eigenvalue weighted by Crippen LogP contribution is 2.36. The van der Waals surface area contributed by atoms with Crippen LogP contribution < -0.4 is 0 Å². The van der Waals surface area contributed by atoms with Crippen LogP contribution in [-0.4, -0.2) is 48.4 Å². The molecule has 0 amide bonds. The van der Waals surface area contributed by atoms with Crippen LogP contribution in [0.5, 0.6) is 5.75 Å². The molecule has 12 heteroatoms. The van der Waals surface area contributed by atoms with E-state index in [0.29, 0.717) is 23.3 Å². The number of carbonyl (C=O) groups is 2. The maximum atomic E-state index is 12.0. The predicted molar refractivity (Wildman–Crippen MR) is 98.3 cm³/mol. The lowest BCUT2D eigenvalue weighted by molar-refractivity contribution is -0.0510. The van der Waals surface area contributed by atoms with Crippen LogP contribution in [0.2, 0.25) is 0 Å². The number of aromatic hydroxyl groups is 1. The zero-order valence-corrected chi connectivity index (χ0v) is 16.4. The van der Waals surface area contributed by atoms with Crippen LogP contribution in [0.15, 0.2) is 36.4 Å². The van der Waals surface area contributed by atoms with Crippen LogP contribution in [0.25, 0.3) is 0 Å². The normalized spacial score (nSPS) is 18.5. The van der Waals surface area contributed by atoms with Gasteiger partial charge in [-0.2, -0.15) is 21.6 Å². The average Bonchev–Trinajstić information content (AvgIpc) is 2.67. The molecule has 0 fully saturated rings. The van der Waals surface area contributed by atoms with Gasteiger partial charge in [0, 0.05) is 11.1 Å². The summed E-state index contributed by atoms with van der Waals surface area (Å²) in [5.41, 5.74) is -2.01. The maximum absolute atomic E-state index is 12.0. The molecule has 0 saturated heterocycles. The molecule has 1 unspecified atom stereocenters. The molecular weight excluding hydrogens is 445 g/mol. The van der Waals surface area contributed by atoms with Gasteiger partial charge in [0.15, 0.2) is 11.6 Å². The number of carbonyl (C=O) groups excluding carboxylic acids is 2. The Hall–Kier alpha value is -2.80. The van der Waals surface area contributed by atoms with E-state index in [1.54, 1.807) is 18.2 Å². The van der Waals surface area contributed by atoms with Gasteiger partial charge in [0.25, 0.3) is 0 Å². The Morgan fingerprint density at radius 1 is 0.935 bits per heavy atom. The van der Waals surface area contributed by atoms with Crippen LogP contribution in [-0.2, 0) is 26.2 Å². The fraction of sp³-hybridized carbons (Fsp3) is 0.263. The van der Waals surface area contributed by atoms with Crippen molar-refractivity contribution in [1.82, 2.24) is 0 Å². The van der Waals surface area contributed by atoms with Crippen molar-refractivity contribution in [1.29, 1.82) is 0 Å². The Morgan fingerprint density at radius 2 is 1.55 bits per heavy atom. The minimum absolute atomic E-state index is 0.00500. The van der Waals surface area contributed by atoms with E-state index >= 15 is 0 Å². The van der Waals surface area contributed by atoms with Gasteiger partial charge in [-0.05, 0) is 41.0 Å². The third-order valence-corrected chi connectivity index (χ3v) is 5.10. The summed E-state index contributed by atoms with van der Waals surface area (Å²) in [5, 5.41) is 9.73. The lowest BCUT2D eigenvalue weighted by Gasteiger charge is -2.27. The number of Topliss-reactive ketones (excluding diaryl/α,β-unsaturated/α-hetero) is 2. The minimum Gasteiger partial charge on any atom is -0.508 e. The van der Waals surface area contributed by atoms with Gasteiger partial charge >= 0.3 is 15.6 Å². The molecule has 2 aliphatic heterocycles. The highest BCUT2D eigenvalue weighted by atomic mass is 32.2. The number of phenolic OH excluding ortho intramolecular Hbond substituents is 1. The Kier molecular flexibility index (Phi) is 6.18. The van der Waals surface area contributed by atoms with Gasteiger partial charge in [0.05, 0.1) is 6.61 Å². The van der Waals surface area contributed by atoms with E-state index in [1.165, 1.54) is 6.07 Å². The molecule has 0 bridgehead atoms. The van der Waals surface area contributed by atoms with Gasteiger partial charge < -0.3 is 14.6 Å². The summed E-state index contributed by atoms with van der Waals surface area (Å²) in [6.07, 6.45) is -0.447. The molecule has 166 valence electrons. The lowest BCUT2D eigenvalue weighted by atomic mass is 9.90. The van der Waals surface area contributed by atoms with Gasteiger partial charge in [-0.15, -0.1) is 0 Å². The first-order valence-electron chi connectivity index (χ1n) is 8.63. The third kappa shape index (κ3) is 4.93. The topological polar surface area (TPSA) is 127 Å². The van der Waals surface area contributed by atoms with Gasteiger partial charge in [0.1, 0.15) is 25.1 Å². The number of rotatable bonds is 1. The highest BCUT2D eigenvalue weighted by Gasteiger charge is 2.44. The maximum Gasteiger partial charge on any atom is 0.522 e. The fourth-order valence-electron chi connectivity index (χ4n) is 3.12. The van der Waals surface area contributed by atoms with Crippen LogP contribution in [0.1, 0.15) is 43.5 Å². The second kappa shape index (κ2) is 8.38. The Labute approximate surface area is 174 Å². The molecule has 31 heavy (non-hydrogen) atoms. The second-order valence-corrected chi connectivity index (χ2v) is 8.05. The van der Waals surface area contributed by atoms with Crippen molar-refractivity contribution in [3.63, 3.8) is 0 Å². The smallest absolute Gasteiger partial charge is 0.508 e. The first-order valence-corrected chi connectivity index (χ1v) is 10.1. The zero-order chi connectivity index (χ0) is 23.0. The number of halogens is 3. The summed E-state index contributed by atoms with van der Waals surface area (Å²) >= 11 is 0. The monoisotopic (exact) mass is 460 g/mol. The average molecular weight is 460 g/mol. The molecule has 2 aromatic carbocycles. The van der Waals surface area contributed by atoms with E-state index in [1.807, 2.05) is 12.1 Å². The first-order chi connectivity index (χ1) is 14.4. The van der Waals surface area contributed by atoms with Crippen LogP contribution >= 0.6 is 0 Å². The zero-order valence-electron chi connectivity index (χ0n) is 15.5. The number of fused-ring (bicyclic) bond motifs is 2. The largest absolute Gasteiger partial charge is 0.522 e. The Morgan fingerprint density at radius 3 is 2.19 bits per heavy atom. The molecule has 2 N–H and O–H groups in total. The van der Waals surface area contributed by atoms with Crippen molar-refractivity contribution in [2.75, 3.05) is 13.2 Å². The summed E-state index contributed by atoms with van der Waals surface area (Å²) in [6.45, 7) is 0.486. The molecule has 0 aliphatic carbocycles. The molecule has 2 aromatic rings. The van der Waals surface area contributed by atoms with Crippen LogP contribution in [0, 0.1) is 0 Å². The third-order valence-electron chi connectivity index (χ3n) is 4.51. The lowest BCUT2D eigenvalue weighted by Crippen LogP contribution is -2.24. The number of phenols is 1. The van der Waals surface area contributed by atoms with Gasteiger partial charge in [-0.25, -0.2) is 0 Å².